The predicted molar refractivity (Wildman–Crippen MR) is 130 cm³/mol. The van der Waals surface area contributed by atoms with E-state index in [0.29, 0.717) is 22.9 Å². The smallest absolute Gasteiger partial charge is 0.748 e. The summed E-state index contributed by atoms with van der Waals surface area (Å²) in [6.07, 6.45) is 2.10. The molecule has 0 aliphatic rings. The van der Waals surface area contributed by atoms with Gasteiger partial charge in [0.05, 0.1) is 59.1 Å². The summed E-state index contributed by atoms with van der Waals surface area (Å²) >= 11 is 0. The normalized spacial score (nSPS) is 12.2. The van der Waals surface area contributed by atoms with Crippen LogP contribution >= 0.6 is 0 Å². The van der Waals surface area contributed by atoms with Crippen LogP contribution in [0.3, 0.4) is 0 Å². The van der Waals surface area contributed by atoms with Gasteiger partial charge in [0, 0.05) is 0 Å². The number of hydrogen-bond acceptors (Lipinski definition) is 12. The maximum absolute atomic E-state index is 10.5. The molecule has 0 radical (unpaired) electrons. The first-order valence-corrected chi connectivity index (χ1v) is 13.2. The molecule has 0 saturated heterocycles. The van der Waals surface area contributed by atoms with Crippen LogP contribution in [0.5, 0.6) is 11.5 Å². The molecule has 0 fully saturated rings. The molecule has 14 nitrogen and oxygen atoms in total. The molecule has 0 amide bonds. The molecule has 2 rings (SSSR count). The second kappa shape index (κ2) is 17.9. The number of hydrogen-bond donors (Lipinski definition) is 0. The van der Waals surface area contributed by atoms with Gasteiger partial charge in [0.1, 0.15) is 35.6 Å². The van der Waals surface area contributed by atoms with Gasteiger partial charge in [-0.2, -0.15) is 0 Å². The van der Waals surface area contributed by atoms with Crippen LogP contribution in [0.15, 0.2) is 66.8 Å². The summed E-state index contributed by atoms with van der Waals surface area (Å²) in [5, 5.41) is 15.4. The van der Waals surface area contributed by atoms with Gasteiger partial charge in [-0.15, -0.1) is 20.5 Å². The van der Waals surface area contributed by atoms with E-state index in [1.807, 2.05) is 0 Å². The Labute approximate surface area is 264 Å². The Morgan fingerprint density at radius 3 is 1.39 bits per heavy atom. The van der Waals surface area contributed by atoms with E-state index in [1.54, 1.807) is 36.4 Å². The first-order chi connectivity index (χ1) is 17.0. The van der Waals surface area contributed by atoms with E-state index >= 15 is 0 Å². The van der Waals surface area contributed by atoms with Crippen molar-refractivity contribution in [3.8, 4) is 22.6 Å². The number of aliphatic imine (C=N–C) groups is 2. The Bertz CT molecular complexity index is 1280. The number of rotatable bonds is 13. The topological polar surface area (TPSA) is 207 Å². The molecule has 194 valence electrons. The van der Waals surface area contributed by atoms with Crippen LogP contribution in [0, 0.1) is 0 Å². The average molecular weight is 585 g/mol. The maximum Gasteiger partial charge on any atom is 1.00 e. The van der Waals surface area contributed by atoms with Crippen molar-refractivity contribution in [3.05, 3.63) is 36.4 Å². The van der Waals surface area contributed by atoms with Crippen molar-refractivity contribution < 1.29 is 94.5 Å². The van der Waals surface area contributed by atoms with Crippen LogP contribution in [0.2, 0.25) is 0 Å². The van der Waals surface area contributed by atoms with E-state index in [-0.39, 0.29) is 72.2 Å². The Kier molecular flexibility index (Phi) is 17.1. The first-order valence-electron chi connectivity index (χ1n) is 10.0. The van der Waals surface area contributed by atoms with Gasteiger partial charge in [-0.05, 0) is 35.4 Å². The van der Waals surface area contributed by atoms with Crippen LogP contribution < -0.4 is 68.6 Å². The zero-order valence-corrected chi connectivity index (χ0v) is 26.8. The largest absolute Gasteiger partial charge is 1.00 e. The van der Waals surface area contributed by atoms with Gasteiger partial charge in [-0.3, -0.25) is 9.98 Å². The van der Waals surface area contributed by atoms with Gasteiger partial charge in [-0.25, -0.2) is 16.8 Å². The molecule has 0 heterocycles. The van der Waals surface area contributed by atoms with E-state index in [2.05, 4.69) is 30.4 Å². The van der Waals surface area contributed by atoms with E-state index in [4.69, 9.17) is 9.47 Å². The third kappa shape index (κ3) is 14.0. The molecule has 0 atom stereocenters. The quantitative estimate of drug-likeness (QED) is 0.0764. The second-order valence-corrected chi connectivity index (χ2v) is 9.82. The molecule has 2 aromatic rings. The van der Waals surface area contributed by atoms with Crippen molar-refractivity contribution in [3.63, 3.8) is 0 Å². The summed E-state index contributed by atoms with van der Waals surface area (Å²) in [6.45, 7) is -0.423. The van der Waals surface area contributed by atoms with Crippen LogP contribution in [0.25, 0.3) is 11.1 Å². The van der Waals surface area contributed by atoms with Gasteiger partial charge in [0.25, 0.3) is 0 Å². The van der Waals surface area contributed by atoms with E-state index in [0.717, 1.165) is 23.8 Å². The number of azo groups is 2. The Morgan fingerprint density at radius 1 is 0.711 bits per heavy atom. The summed E-state index contributed by atoms with van der Waals surface area (Å²) in [7, 11) is -5.75. The minimum atomic E-state index is -4.34. The zero-order valence-electron chi connectivity index (χ0n) is 21.2. The third-order valence-corrected chi connectivity index (χ3v) is 5.60. The molecule has 0 N–H and O–H groups in total. The van der Waals surface area contributed by atoms with Gasteiger partial charge in [-0.1, -0.05) is 12.1 Å². The number of benzene rings is 2. The molecule has 0 unspecified atom stereocenters. The van der Waals surface area contributed by atoms with Crippen molar-refractivity contribution in [2.75, 3.05) is 38.8 Å². The van der Waals surface area contributed by atoms with Crippen LogP contribution in [0.1, 0.15) is 0 Å². The van der Waals surface area contributed by atoms with Crippen molar-refractivity contribution in [2.45, 2.75) is 0 Å². The molecule has 0 aliphatic heterocycles. The minimum absolute atomic E-state index is 0. The molecule has 0 spiro atoms. The first kappa shape index (κ1) is 36.4. The molecular weight excluding hydrogens is 562 g/mol. The fourth-order valence-corrected chi connectivity index (χ4v) is 3.23. The minimum Gasteiger partial charge on any atom is -0.748 e. The summed E-state index contributed by atoms with van der Waals surface area (Å²) < 4.78 is 73.9. The van der Waals surface area contributed by atoms with Gasteiger partial charge >= 0.3 is 59.1 Å². The number of methoxy groups -OCH3 is 2. The van der Waals surface area contributed by atoms with E-state index < -0.39 is 31.7 Å². The Hall–Kier alpha value is -1.60. The summed E-state index contributed by atoms with van der Waals surface area (Å²) in [6, 6.07) is 10.3. The van der Waals surface area contributed by atoms with Gasteiger partial charge in [0.15, 0.2) is 0 Å². The summed E-state index contributed by atoms with van der Waals surface area (Å²) in [5.74, 6) is -0.427. The average Bonchev–Trinajstić information content (AvgIpc) is 2.82. The van der Waals surface area contributed by atoms with Gasteiger partial charge < -0.3 is 18.6 Å². The van der Waals surface area contributed by atoms with Crippen molar-refractivity contribution in [2.24, 2.45) is 30.4 Å². The van der Waals surface area contributed by atoms with E-state index in [1.165, 1.54) is 14.2 Å². The number of ether oxygens (including phenoxy) is 2. The predicted octanol–water partition coefficient (Wildman–Crippen LogP) is -3.31. The molecule has 38 heavy (non-hydrogen) atoms. The monoisotopic (exact) mass is 584 g/mol. The summed E-state index contributed by atoms with van der Waals surface area (Å²) in [4.78, 5) is 7.37. The van der Waals surface area contributed by atoms with Crippen LogP contribution in [-0.4, -0.2) is 77.4 Å². The molecule has 0 aromatic heterocycles. The van der Waals surface area contributed by atoms with Crippen molar-refractivity contribution in [1.82, 2.24) is 0 Å². The number of nitrogens with zero attached hydrogens (tertiary/aromatic N) is 6. The van der Waals surface area contributed by atoms with Gasteiger partial charge in [0.2, 0.25) is 0 Å². The van der Waals surface area contributed by atoms with Crippen LogP contribution in [0.4, 0.5) is 11.4 Å². The Morgan fingerprint density at radius 2 is 1.08 bits per heavy atom. The molecular formula is C20H22N6Na2O8S2. The standard InChI is InChI=1S/C20H24N6O8S2.2Na/c1-33-19-11-15(3-5-17(19)25-23-13-21-7-9-35(27,28)29)16-4-6-18(20(12-16)34-2)26-24-14-22-8-10-36(30,31)32;;/h3-6,11-14H,7-10H2,1-2H3,(H,27,28,29)(H,30,31,32);;/q;2*+1/p-2. The fourth-order valence-electron chi connectivity index (χ4n) is 2.57. The fraction of sp³-hybridized carbons (Fsp3) is 0.300. The van der Waals surface area contributed by atoms with E-state index in [9.17, 15) is 25.9 Å². The Balaban J connectivity index is 0.00000684. The van der Waals surface area contributed by atoms with Crippen LogP contribution in [-0.2, 0) is 20.2 Å². The molecule has 18 heteroatoms. The SMILES string of the molecule is COc1cc(-c2ccc(N=NC=NCCS(=O)(=O)[O-])c(OC)c2)ccc1N=NC=NCCS(=O)(=O)[O-].[Na+].[Na+]. The molecule has 0 bridgehead atoms. The van der Waals surface area contributed by atoms with Crippen molar-refractivity contribution >= 4 is 44.3 Å². The molecule has 0 saturated carbocycles. The third-order valence-electron chi connectivity index (χ3n) is 4.23. The van der Waals surface area contributed by atoms with Crippen molar-refractivity contribution in [1.29, 1.82) is 0 Å². The molecule has 2 aromatic carbocycles. The molecule has 0 aliphatic carbocycles. The zero-order chi connectivity index (χ0) is 26.6. The second-order valence-electron chi connectivity index (χ2n) is 6.77. The maximum atomic E-state index is 10.5. The summed E-state index contributed by atoms with van der Waals surface area (Å²) in [5.41, 5.74) is 2.32.